The number of methoxy groups -OCH3 is 1. The number of ether oxygens (including phenoxy) is 1. The quantitative estimate of drug-likeness (QED) is 0.896. The van der Waals surface area contributed by atoms with Crippen LogP contribution in [0.5, 0.6) is 5.75 Å². The summed E-state index contributed by atoms with van der Waals surface area (Å²) in [7, 11) is 1.67. The lowest BCUT2D eigenvalue weighted by atomic mass is 9.84. The van der Waals surface area contributed by atoms with Crippen molar-refractivity contribution in [1.82, 2.24) is 4.90 Å². The van der Waals surface area contributed by atoms with Crippen LogP contribution in [0.4, 0.5) is 0 Å². The van der Waals surface area contributed by atoms with Crippen LogP contribution in [-0.2, 0) is 0 Å². The molecular weight excluding hydrogens is 250 g/mol. The van der Waals surface area contributed by atoms with Gasteiger partial charge in [0.05, 0.1) is 7.11 Å². The van der Waals surface area contributed by atoms with Gasteiger partial charge in [0.1, 0.15) is 11.9 Å². The second-order valence-corrected chi connectivity index (χ2v) is 6.05. The van der Waals surface area contributed by atoms with Crippen molar-refractivity contribution in [2.75, 3.05) is 20.2 Å². The number of hydrogen-bond donors (Lipinski definition) is 1. The van der Waals surface area contributed by atoms with Gasteiger partial charge in [-0.25, -0.2) is 0 Å². The minimum atomic E-state index is -0.527. The third-order valence-electron chi connectivity index (χ3n) is 4.81. The van der Waals surface area contributed by atoms with Gasteiger partial charge in [0.25, 0.3) is 0 Å². The molecule has 1 N–H and O–H groups in total. The van der Waals surface area contributed by atoms with Gasteiger partial charge in [-0.15, -0.1) is 0 Å². The third kappa shape index (κ3) is 2.70. The largest absolute Gasteiger partial charge is 0.496 e. The van der Waals surface area contributed by atoms with Gasteiger partial charge < -0.3 is 9.84 Å². The lowest BCUT2D eigenvalue weighted by Gasteiger charge is -2.42. The van der Waals surface area contributed by atoms with Crippen LogP contribution in [0.25, 0.3) is 0 Å². The van der Waals surface area contributed by atoms with Crippen LogP contribution in [0.3, 0.4) is 0 Å². The molecule has 1 aliphatic rings. The molecule has 1 fully saturated rings. The van der Waals surface area contributed by atoms with Crippen LogP contribution in [0.2, 0.25) is 0 Å². The maximum absolute atomic E-state index is 11.0. The number of rotatable bonds is 5. The molecule has 3 nitrogen and oxygen atoms in total. The van der Waals surface area contributed by atoms with Crippen molar-refractivity contribution >= 4 is 0 Å². The Hall–Kier alpha value is -1.06. The van der Waals surface area contributed by atoms with Crippen LogP contribution in [0.15, 0.2) is 18.2 Å². The highest BCUT2D eigenvalue weighted by molar-refractivity contribution is 5.40. The van der Waals surface area contributed by atoms with E-state index in [2.05, 4.69) is 25.7 Å². The zero-order valence-corrected chi connectivity index (χ0v) is 13.1. The van der Waals surface area contributed by atoms with E-state index in [9.17, 15) is 5.11 Å². The van der Waals surface area contributed by atoms with Gasteiger partial charge >= 0.3 is 0 Å². The van der Waals surface area contributed by atoms with Gasteiger partial charge in [0, 0.05) is 11.1 Å². The predicted octanol–water partition coefficient (Wildman–Crippen LogP) is 3.30. The number of nitrogens with zero attached hydrogens (tertiary/aromatic N) is 1. The zero-order valence-electron chi connectivity index (χ0n) is 13.1. The monoisotopic (exact) mass is 277 g/mol. The fraction of sp³-hybridized carbons (Fsp3) is 0.647. The summed E-state index contributed by atoms with van der Waals surface area (Å²) in [6, 6.07) is 6.02. The van der Waals surface area contributed by atoms with Gasteiger partial charge in [0.15, 0.2) is 0 Å². The number of aliphatic hydroxyl groups excluding tert-OH is 1. The molecule has 0 bridgehead atoms. The minimum absolute atomic E-state index is 0.225. The zero-order chi connectivity index (χ0) is 14.8. The molecule has 3 heteroatoms. The van der Waals surface area contributed by atoms with Crippen molar-refractivity contribution in [3.63, 3.8) is 0 Å². The Kier molecular flexibility index (Phi) is 4.71. The number of likely N-dealkylation sites (tertiary alicyclic amines) is 1. The molecule has 1 saturated heterocycles. The fourth-order valence-electron chi connectivity index (χ4n) is 3.22. The Morgan fingerprint density at radius 2 is 2.00 bits per heavy atom. The molecule has 0 aliphatic carbocycles. The van der Waals surface area contributed by atoms with E-state index in [1.807, 2.05) is 18.2 Å². The molecule has 1 aliphatic heterocycles. The number of aliphatic hydroxyl groups is 1. The number of hydrogen-bond acceptors (Lipinski definition) is 3. The van der Waals surface area contributed by atoms with E-state index < -0.39 is 6.10 Å². The second-order valence-electron chi connectivity index (χ2n) is 6.05. The molecule has 0 spiro atoms. The van der Waals surface area contributed by atoms with Crippen LogP contribution in [0, 0.1) is 6.92 Å². The van der Waals surface area contributed by atoms with Gasteiger partial charge in [-0.3, -0.25) is 4.90 Å². The SMILES string of the molecule is CCC(C)(C(O)c1cc(C)ccc1OC)N1CCCC1. The van der Waals surface area contributed by atoms with Gasteiger partial charge in [-0.2, -0.15) is 0 Å². The molecular formula is C17H27NO2. The van der Waals surface area contributed by atoms with E-state index in [-0.39, 0.29) is 5.54 Å². The lowest BCUT2D eigenvalue weighted by Crippen LogP contribution is -2.49. The Morgan fingerprint density at radius 1 is 1.35 bits per heavy atom. The summed E-state index contributed by atoms with van der Waals surface area (Å²) in [5.41, 5.74) is 1.83. The van der Waals surface area contributed by atoms with Gasteiger partial charge in [0.2, 0.25) is 0 Å². The van der Waals surface area contributed by atoms with Crippen molar-refractivity contribution in [3.8, 4) is 5.75 Å². The maximum Gasteiger partial charge on any atom is 0.124 e. The van der Waals surface area contributed by atoms with Crippen molar-refractivity contribution in [1.29, 1.82) is 0 Å². The highest BCUT2D eigenvalue weighted by atomic mass is 16.5. The summed E-state index contributed by atoms with van der Waals surface area (Å²) in [6.07, 6.45) is 2.85. The third-order valence-corrected chi connectivity index (χ3v) is 4.81. The van der Waals surface area contributed by atoms with Crippen molar-refractivity contribution in [2.45, 2.75) is 51.7 Å². The first-order valence-corrected chi connectivity index (χ1v) is 7.60. The van der Waals surface area contributed by atoms with Crippen molar-refractivity contribution < 1.29 is 9.84 Å². The Balaban J connectivity index is 2.36. The Bertz CT molecular complexity index is 454. The molecule has 20 heavy (non-hydrogen) atoms. The molecule has 1 aromatic rings. The van der Waals surface area contributed by atoms with E-state index in [4.69, 9.17) is 4.74 Å². The first-order valence-electron chi connectivity index (χ1n) is 7.60. The van der Waals surface area contributed by atoms with E-state index in [0.717, 1.165) is 36.4 Å². The van der Waals surface area contributed by atoms with Crippen LogP contribution in [-0.4, -0.2) is 35.7 Å². The predicted molar refractivity (Wildman–Crippen MR) is 82.2 cm³/mol. The standard InChI is InChI=1S/C17H27NO2/c1-5-17(3,18-10-6-7-11-18)16(19)14-12-13(2)8-9-15(14)20-4/h8-9,12,16,19H,5-7,10-11H2,1-4H3. The fourth-order valence-corrected chi connectivity index (χ4v) is 3.22. The van der Waals surface area contributed by atoms with E-state index in [1.54, 1.807) is 7.11 Å². The molecule has 2 unspecified atom stereocenters. The Morgan fingerprint density at radius 3 is 2.55 bits per heavy atom. The summed E-state index contributed by atoms with van der Waals surface area (Å²) < 4.78 is 5.45. The summed E-state index contributed by atoms with van der Waals surface area (Å²) in [5.74, 6) is 0.780. The molecule has 0 saturated carbocycles. The highest BCUT2D eigenvalue weighted by Gasteiger charge is 2.40. The highest BCUT2D eigenvalue weighted by Crippen LogP contribution is 2.39. The summed E-state index contributed by atoms with van der Waals surface area (Å²) >= 11 is 0. The molecule has 1 aromatic carbocycles. The Labute approximate surface area is 122 Å². The molecule has 2 rings (SSSR count). The van der Waals surface area contributed by atoms with E-state index in [1.165, 1.54) is 12.8 Å². The first-order chi connectivity index (χ1) is 9.52. The normalized spacial score (nSPS) is 20.6. The van der Waals surface area contributed by atoms with Crippen LogP contribution in [0.1, 0.15) is 50.3 Å². The molecule has 2 atom stereocenters. The molecule has 0 amide bonds. The summed E-state index contributed by atoms with van der Waals surface area (Å²) in [6.45, 7) is 8.54. The first kappa shape index (κ1) is 15.3. The van der Waals surface area contributed by atoms with Gasteiger partial charge in [-0.1, -0.05) is 18.6 Å². The smallest absolute Gasteiger partial charge is 0.124 e. The topological polar surface area (TPSA) is 32.7 Å². The number of aryl methyl sites for hydroxylation is 1. The van der Waals surface area contributed by atoms with Crippen LogP contribution >= 0.6 is 0 Å². The van der Waals surface area contributed by atoms with Crippen molar-refractivity contribution in [2.24, 2.45) is 0 Å². The van der Waals surface area contributed by atoms with E-state index >= 15 is 0 Å². The minimum Gasteiger partial charge on any atom is -0.496 e. The summed E-state index contributed by atoms with van der Waals surface area (Å²) in [4.78, 5) is 2.43. The average molecular weight is 277 g/mol. The maximum atomic E-state index is 11.0. The lowest BCUT2D eigenvalue weighted by molar-refractivity contribution is -0.0151. The van der Waals surface area contributed by atoms with Crippen molar-refractivity contribution in [3.05, 3.63) is 29.3 Å². The second kappa shape index (κ2) is 6.15. The van der Waals surface area contributed by atoms with Gasteiger partial charge in [-0.05, 0) is 58.3 Å². The average Bonchev–Trinajstić information content (AvgIpc) is 3.00. The number of benzene rings is 1. The molecule has 0 radical (unpaired) electrons. The molecule has 112 valence electrons. The summed E-state index contributed by atoms with van der Waals surface area (Å²) in [5, 5.41) is 11.0. The van der Waals surface area contributed by atoms with Crippen LogP contribution < -0.4 is 4.74 Å². The molecule has 1 heterocycles. The van der Waals surface area contributed by atoms with E-state index in [0.29, 0.717) is 0 Å². The molecule has 0 aromatic heterocycles.